The van der Waals surface area contributed by atoms with Crippen LogP contribution >= 0.6 is 39.1 Å². The number of carbonyl (C=O) groups excluding carboxylic acids is 1. The first-order chi connectivity index (χ1) is 12.8. The van der Waals surface area contributed by atoms with Gasteiger partial charge in [-0.2, -0.15) is 0 Å². The minimum Gasteiger partial charge on any atom is -0.363 e. The second-order valence-corrected chi connectivity index (χ2v) is 7.89. The van der Waals surface area contributed by atoms with Gasteiger partial charge in [0.25, 0.3) is 5.91 Å². The lowest BCUT2D eigenvalue weighted by Crippen LogP contribution is -2.45. The van der Waals surface area contributed by atoms with E-state index in [-0.39, 0.29) is 11.1 Å². The SMILES string of the molecule is O=C1c2cc(Br)cc(F)c2C(O)(c2ccc(Cl)cc2)N1c1ccc(Cl)cc1. The monoisotopic (exact) mass is 465 g/mol. The van der Waals surface area contributed by atoms with E-state index in [9.17, 15) is 14.3 Å². The van der Waals surface area contributed by atoms with Gasteiger partial charge in [0.15, 0.2) is 0 Å². The topological polar surface area (TPSA) is 40.5 Å². The first kappa shape index (κ1) is 18.4. The van der Waals surface area contributed by atoms with E-state index in [0.29, 0.717) is 25.8 Å². The number of halogens is 4. The van der Waals surface area contributed by atoms with Crippen molar-refractivity contribution in [1.82, 2.24) is 0 Å². The maximum atomic E-state index is 14.9. The summed E-state index contributed by atoms with van der Waals surface area (Å²) in [6.45, 7) is 0. The molecule has 0 aliphatic carbocycles. The molecule has 27 heavy (non-hydrogen) atoms. The van der Waals surface area contributed by atoms with Gasteiger partial charge in [-0.3, -0.25) is 9.69 Å². The fourth-order valence-corrected chi connectivity index (χ4v) is 4.01. The van der Waals surface area contributed by atoms with Crippen molar-refractivity contribution in [3.63, 3.8) is 0 Å². The van der Waals surface area contributed by atoms with Gasteiger partial charge in [-0.05, 0) is 48.5 Å². The lowest BCUT2D eigenvalue weighted by atomic mass is 9.93. The number of nitrogens with zero attached hydrogens (tertiary/aromatic N) is 1. The van der Waals surface area contributed by atoms with Gasteiger partial charge in [0.1, 0.15) is 5.82 Å². The Bertz CT molecular complexity index is 1060. The molecule has 3 aromatic carbocycles. The fraction of sp³-hybridized carbons (Fsp3) is 0.0500. The molecule has 136 valence electrons. The molecule has 4 rings (SSSR count). The molecule has 7 heteroatoms. The van der Waals surface area contributed by atoms with Gasteiger partial charge in [0.2, 0.25) is 5.72 Å². The molecule has 1 unspecified atom stereocenters. The van der Waals surface area contributed by atoms with Crippen LogP contribution < -0.4 is 4.90 Å². The summed E-state index contributed by atoms with van der Waals surface area (Å²) in [5.74, 6) is -1.22. The van der Waals surface area contributed by atoms with E-state index in [2.05, 4.69) is 15.9 Å². The minimum absolute atomic E-state index is 0.0780. The van der Waals surface area contributed by atoms with Crippen molar-refractivity contribution in [1.29, 1.82) is 0 Å². The van der Waals surface area contributed by atoms with Crippen molar-refractivity contribution < 1.29 is 14.3 Å². The number of hydrogen-bond acceptors (Lipinski definition) is 2. The first-order valence-electron chi connectivity index (χ1n) is 7.90. The normalized spacial score (nSPS) is 18.7. The molecule has 1 atom stereocenters. The highest BCUT2D eigenvalue weighted by Crippen LogP contribution is 2.47. The van der Waals surface area contributed by atoms with Crippen LogP contribution in [-0.2, 0) is 5.72 Å². The summed E-state index contributed by atoms with van der Waals surface area (Å²) >= 11 is 15.1. The van der Waals surface area contributed by atoms with E-state index >= 15 is 0 Å². The van der Waals surface area contributed by atoms with Crippen molar-refractivity contribution in [2.75, 3.05) is 4.90 Å². The van der Waals surface area contributed by atoms with Crippen LogP contribution in [0.15, 0.2) is 65.1 Å². The second kappa shape index (κ2) is 6.60. The molecule has 0 saturated carbocycles. The third kappa shape index (κ3) is 2.86. The minimum atomic E-state index is -2.03. The molecule has 0 fully saturated rings. The van der Waals surface area contributed by atoms with Crippen LogP contribution in [0.1, 0.15) is 21.5 Å². The fourth-order valence-electron chi connectivity index (χ4n) is 3.33. The largest absolute Gasteiger partial charge is 0.363 e. The van der Waals surface area contributed by atoms with Crippen LogP contribution in [0.4, 0.5) is 10.1 Å². The Kier molecular flexibility index (Phi) is 4.51. The number of rotatable bonds is 2. The van der Waals surface area contributed by atoms with Crippen LogP contribution in [0.2, 0.25) is 10.0 Å². The van der Waals surface area contributed by atoms with Crippen molar-refractivity contribution in [2.24, 2.45) is 0 Å². The first-order valence-corrected chi connectivity index (χ1v) is 9.45. The maximum Gasteiger partial charge on any atom is 0.261 e. The van der Waals surface area contributed by atoms with Gasteiger partial charge in [-0.25, -0.2) is 4.39 Å². The summed E-state index contributed by atoms with van der Waals surface area (Å²) in [6.07, 6.45) is 0. The van der Waals surface area contributed by atoms with Crippen molar-refractivity contribution >= 4 is 50.7 Å². The highest BCUT2D eigenvalue weighted by Gasteiger charge is 2.52. The van der Waals surface area contributed by atoms with Gasteiger partial charge in [-0.1, -0.05) is 51.3 Å². The summed E-state index contributed by atoms with van der Waals surface area (Å²) in [5, 5.41) is 12.6. The Morgan fingerprint density at radius 2 is 1.52 bits per heavy atom. The molecule has 0 radical (unpaired) electrons. The molecule has 0 bridgehead atoms. The molecule has 1 amide bonds. The van der Waals surface area contributed by atoms with Crippen LogP contribution in [0.5, 0.6) is 0 Å². The lowest BCUT2D eigenvalue weighted by Gasteiger charge is -2.35. The molecule has 1 aliphatic heterocycles. The molecule has 0 saturated heterocycles. The Morgan fingerprint density at radius 1 is 0.963 bits per heavy atom. The molecule has 1 aliphatic rings. The Labute approximate surface area is 173 Å². The zero-order valence-corrected chi connectivity index (χ0v) is 16.7. The van der Waals surface area contributed by atoms with Gasteiger partial charge in [0, 0.05) is 25.8 Å². The Morgan fingerprint density at radius 3 is 2.11 bits per heavy atom. The zero-order chi connectivity index (χ0) is 19.3. The van der Waals surface area contributed by atoms with Gasteiger partial charge < -0.3 is 5.11 Å². The summed E-state index contributed by atoms with van der Waals surface area (Å²) in [4.78, 5) is 14.3. The zero-order valence-electron chi connectivity index (χ0n) is 13.6. The van der Waals surface area contributed by atoms with Gasteiger partial charge in [-0.15, -0.1) is 0 Å². The molecular formula is C20H11BrCl2FNO2. The molecule has 3 nitrogen and oxygen atoms in total. The van der Waals surface area contributed by atoms with Crippen molar-refractivity contribution in [2.45, 2.75) is 5.72 Å². The van der Waals surface area contributed by atoms with Crippen LogP contribution in [0, 0.1) is 5.82 Å². The number of anilines is 1. The molecular weight excluding hydrogens is 456 g/mol. The number of benzene rings is 3. The van der Waals surface area contributed by atoms with E-state index in [1.807, 2.05) is 0 Å². The number of hydrogen-bond donors (Lipinski definition) is 1. The standard InChI is InChI=1S/C20H11BrCl2FNO2/c21-12-9-16-18(17(24)10-12)20(27,11-1-3-13(22)4-2-11)25(19(16)26)15-7-5-14(23)6-8-15/h1-10,27H. The van der Waals surface area contributed by atoms with E-state index < -0.39 is 17.4 Å². The quantitative estimate of drug-likeness (QED) is 0.522. The predicted molar refractivity (Wildman–Crippen MR) is 107 cm³/mol. The predicted octanol–water partition coefficient (Wildman–Crippen LogP) is 5.75. The average molecular weight is 467 g/mol. The Hall–Kier alpha value is -1.92. The number of fused-ring (bicyclic) bond motifs is 1. The highest BCUT2D eigenvalue weighted by molar-refractivity contribution is 9.10. The summed E-state index contributed by atoms with van der Waals surface area (Å²) in [6, 6.07) is 15.4. The highest BCUT2D eigenvalue weighted by atomic mass is 79.9. The third-order valence-electron chi connectivity index (χ3n) is 4.49. The summed E-state index contributed by atoms with van der Waals surface area (Å²) in [7, 11) is 0. The van der Waals surface area contributed by atoms with E-state index in [4.69, 9.17) is 23.2 Å². The van der Waals surface area contributed by atoms with E-state index in [1.54, 1.807) is 48.5 Å². The molecule has 1 heterocycles. The van der Waals surface area contributed by atoms with Crippen LogP contribution in [0.3, 0.4) is 0 Å². The number of carbonyl (C=O) groups is 1. The van der Waals surface area contributed by atoms with E-state index in [1.165, 1.54) is 12.1 Å². The summed E-state index contributed by atoms with van der Waals surface area (Å²) < 4.78 is 15.3. The third-order valence-corrected chi connectivity index (χ3v) is 5.45. The smallest absolute Gasteiger partial charge is 0.261 e. The van der Waals surface area contributed by atoms with Gasteiger partial charge in [0.05, 0.1) is 11.1 Å². The molecule has 0 spiro atoms. The molecule has 3 aromatic rings. The molecule has 0 aromatic heterocycles. The Balaban J connectivity index is 2.02. The van der Waals surface area contributed by atoms with Gasteiger partial charge >= 0.3 is 0 Å². The second-order valence-electron chi connectivity index (χ2n) is 6.11. The average Bonchev–Trinajstić information content (AvgIpc) is 2.85. The maximum absolute atomic E-state index is 14.9. The van der Waals surface area contributed by atoms with Crippen LogP contribution in [0.25, 0.3) is 0 Å². The number of amides is 1. The summed E-state index contributed by atoms with van der Waals surface area (Å²) in [5.41, 5.74) is -1.36. The van der Waals surface area contributed by atoms with E-state index in [0.717, 1.165) is 4.90 Å². The molecule has 1 N–H and O–H groups in total. The number of aliphatic hydroxyl groups is 1. The van der Waals surface area contributed by atoms with Crippen molar-refractivity contribution in [3.05, 3.63) is 97.7 Å². The van der Waals surface area contributed by atoms with Crippen molar-refractivity contribution in [3.8, 4) is 0 Å². The lowest BCUT2D eigenvalue weighted by molar-refractivity contribution is 0.0686. The van der Waals surface area contributed by atoms with Crippen LogP contribution in [-0.4, -0.2) is 11.0 Å².